The van der Waals surface area contributed by atoms with E-state index in [1.54, 1.807) is 12.1 Å². The highest BCUT2D eigenvalue weighted by Gasteiger charge is 2.24. The first-order valence-corrected chi connectivity index (χ1v) is 9.41. The third kappa shape index (κ3) is 4.05. The summed E-state index contributed by atoms with van der Waals surface area (Å²) >= 11 is 0. The van der Waals surface area contributed by atoms with Gasteiger partial charge in [-0.1, -0.05) is 24.3 Å². The quantitative estimate of drug-likeness (QED) is 0.640. The number of fused-ring (bicyclic) bond motifs is 1. The van der Waals surface area contributed by atoms with Crippen LogP contribution in [0, 0.1) is 11.6 Å². The van der Waals surface area contributed by atoms with Gasteiger partial charge in [-0.05, 0) is 30.3 Å². The molecule has 30 heavy (non-hydrogen) atoms. The summed E-state index contributed by atoms with van der Waals surface area (Å²) < 4.78 is 38.4. The van der Waals surface area contributed by atoms with Gasteiger partial charge in [-0.3, -0.25) is 0 Å². The van der Waals surface area contributed by atoms with Crippen LogP contribution in [0.2, 0.25) is 0 Å². The maximum Gasteiger partial charge on any atom is 0.339 e. The molecule has 1 N–H and O–H groups in total. The van der Waals surface area contributed by atoms with Crippen molar-refractivity contribution in [2.75, 3.05) is 18.1 Å². The average molecular weight is 411 g/mol. The zero-order valence-corrected chi connectivity index (χ0v) is 16.0. The van der Waals surface area contributed by atoms with Crippen LogP contribution in [0.5, 0.6) is 11.5 Å². The van der Waals surface area contributed by atoms with Crippen molar-refractivity contribution in [1.29, 1.82) is 0 Å². The molecule has 3 aromatic rings. The van der Waals surface area contributed by atoms with E-state index in [1.807, 2.05) is 29.2 Å². The van der Waals surface area contributed by atoms with Crippen LogP contribution >= 0.6 is 0 Å². The van der Waals surface area contributed by atoms with Gasteiger partial charge < -0.3 is 19.5 Å². The van der Waals surface area contributed by atoms with Gasteiger partial charge in [0, 0.05) is 23.7 Å². The van der Waals surface area contributed by atoms with Crippen LogP contribution in [0.25, 0.3) is 0 Å². The normalized spacial score (nSPS) is 12.8. The summed E-state index contributed by atoms with van der Waals surface area (Å²) in [5.41, 5.74) is 1.93. The molecule has 0 saturated carbocycles. The second-order valence-corrected chi connectivity index (χ2v) is 6.86. The predicted molar refractivity (Wildman–Crippen MR) is 107 cm³/mol. The Balaban J connectivity index is 1.56. The molecular formula is C23H19F2NO4. The largest absolute Gasteiger partial charge is 0.489 e. The van der Waals surface area contributed by atoms with Gasteiger partial charge >= 0.3 is 5.97 Å². The molecule has 0 spiro atoms. The van der Waals surface area contributed by atoms with E-state index >= 15 is 0 Å². The molecule has 0 amide bonds. The second-order valence-electron chi connectivity index (χ2n) is 6.86. The minimum absolute atomic E-state index is 0.0357. The third-order valence-electron chi connectivity index (χ3n) is 4.91. The maximum atomic E-state index is 13.9. The molecule has 1 aliphatic rings. The first-order chi connectivity index (χ1) is 14.5. The fourth-order valence-electron chi connectivity index (χ4n) is 3.41. The number of hydrogen-bond acceptors (Lipinski definition) is 4. The number of carbonyl (C=O) groups is 1. The van der Waals surface area contributed by atoms with Gasteiger partial charge in [-0.15, -0.1) is 0 Å². The van der Waals surface area contributed by atoms with E-state index < -0.39 is 17.6 Å². The van der Waals surface area contributed by atoms with Crippen LogP contribution < -0.4 is 14.4 Å². The van der Waals surface area contributed by atoms with Crippen LogP contribution in [0.1, 0.15) is 21.5 Å². The Morgan fingerprint density at radius 1 is 1.07 bits per heavy atom. The van der Waals surface area contributed by atoms with Crippen molar-refractivity contribution in [3.05, 3.63) is 89.0 Å². The number of rotatable bonds is 6. The summed E-state index contributed by atoms with van der Waals surface area (Å²) in [5, 5.41) is 9.41. The lowest BCUT2D eigenvalue weighted by atomic mass is 10.1. The van der Waals surface area contributed by atoms with Crippen LogP contribution in [-0.2, 0) is 13.2 Å². The Morgan fingerprint density at radius 3 is 2.70 bits per heavy atom. The van der Waals surface area contributed by atoms with Crippen LogP contribution in [0.3, 0.4) is 0 Å². The number of carboxylic acids is 1. The zero-order valence-electron chi connectivity index (χ0n) is 16.0. The molecule has 0 aromatic heterocycles. The minimum Gasteiger partial charge on any atom is -0.489 e. The van der Waals surface area contributed by atoms with Crippen molar-refractivity contribution in [3.63, 3.8) is 0 Å². The molecule has 3 aromatic carbocycles. The Morgan fingerprint density at radius 2 is 1.90 bits per heavy atom. The zero-order chi connectivity index (χ0) is 21.1. The molecule has 5 nitrogen and oxygen atoms in total. The van der Waals surface area contributed by atoms with Gasteiger partial charge in [0.25, 0.3) is 0 Å². The van der Waals surface area contributed by atoms with Crippen molar-refractivity contribution in [1.82, 2.24) is 0 Å². The number of halogens is 2. The van der Waals surface area contributed by atoms with Crippen molar-refractivity contribution in [3.8, 4) is 11.5 Å². The smallest absolute Gasteiger partial charge is 0.339 e. The van der Waals surface area contributed by atoms with Crippen LogP contribution in [0.4, 0.5) is 14.5 Å². The lowest BCUT2D eigenvalue weighted by Crippen LogP contribution is -2.33. The van der Waals surface area contributed by atoms with E-state index in [0.29, 0.717) is 36.9 Å². The van der Waals surface area contributed by atoms with Crippen molar-refractivity contribution in [2.45, 2.75) is 13.2 Å². The first-order valence-electron chi connectivity index (χ1n) is 9.41. The highest BCUT2D eigenvalue weighted by molar-refractivity contribution is 5.93. The van der Waals surface area contributed by atoms with Gasteiger partial charge in [0.1, 0.15) is 36.2 Å². The number of ether oxygens (including phenoxy) is 2. The fourth-order valence-corrected chi connectivity index (χ4v) is 3.41. The van der Waals surface area contributed by atoms with Crippen molar-refractivity contribution < 1.29 is 28.2 Å². The molecule has 0 fully saturated rings. The molecule has 4 rings (SSSR count). The predicted octanol–water partition coefficient (Wildman–Crippen LogP) is 4.64. The third-order valence-corrected chi connectivity index (χ3v) is 4.91. The monoisotopic (exact) mass is 411 g/mol. The fraction of sp³-hybridized carbons (Fsp3) is 0.174. The van der Waals surface area contributed by atoms with E-state index in [9.17, 15) is 18.7 Å². The van der Waals surface area contributed by atoms with E-state index in [1.165, 1.54) is 18.2 Å². The molecule has 7 heteroatoms. The standard InChI is InChI=1S/C23H19F2NO4/c24-17-9-8-16(19(25)12-17)14-30-21-7-2-1-4-15(21)13-26-10-11-29-22-18(23(27)28)5-3-6-20(22)26/h1-9,12H,10-11,13-14H2,(H,27,28). The summed E-state index contributed by atoms with van der Waals surface area (Å²) in [6.45, 7) is 1.37. The average Bonchev–Trinajstić information content (AvgIpc) is 2.74. The SMILES string of the molecule is O=C(O)c1cccc2c1OCCN2Cc1ccccc1OCc1ccc(F)cc1F. The summed E-state index contributed by atoms with van der Waals surface area (Å²) in [6, 6.07) is 15.8. The number of para-hydroxylation sites is 2. The Hall–Kier alpha value is -3.61. The molecule has 1 heterocycles. The van der Waals surface area contributed by atoms with Crippen LogP contribution in [-0.4, -0.2) is 24.2 Å². The van der Waals surface area contributed by atoms with E-state index in [2.05, 4.69) is 0 Å². The number of anilines is 1. The number of carboxylic acid groups (broad SMARTS) is 1. The van der Waals surface area contributed by atoms with Gasteiger partial charge in [0.05, 0.1) is 12.2 Å². The van der Waals surface area contributed by atoms with Gasteiger partial charge in [-0.25, -0.2) is 13.6 Å². The minimum atomic E-state index is -1.04. The molecule has 0 saturated heterocycles. The summed E-state index contributed by atoms with van der Waals surface area (Å²) in [7, 11) is 0. The summed E-state index contributed by atoms with van der Waals surface area (Å²) in [4.78, 5) is 13.5. The van der Waals surface area contributed by atoms with E-state index in [0.717, 1.165) is 11.6 Å². The van der Waals surface area contributed by atoms with E-state index in [4.69, 9.17) is 9.47 Å². The lowest BCUT2D eigenvalue weighted by Gasteiger charge is -2.32. The molecule has 0 bridgehead atoms. The molecule has 0 unspecified atom stereocenters. The molecule has 0 atom stereocenters. The lowest BCUT2D eigenvalue weighted by molar-refractivity contribution is 0.0692. The van der Waals surface area contributed by atoms with Gasteiger partial charge in [0.15, 0.2) is 5.75 Å². The molecule has 0 aliphatic carbocycles. The van der Waals surface area contributed by atoms with Crippen molar-refractivity contribution in [2.24, 2.45) is 0 Å². The molecule has 0 radical (unpaired) electrons. The van der Waals surface area contributed by atoms with Gasteiger partial charge in [0.2, 0.25) is 0 Å². The number of nitrogens with zero attached hydrogens (tertiary/aromatic N) is 1. The topological polar surface area (TPSA) is 59.0 Å². The van der Waals surface area contributed by atoms with Gasteiger partial charge in [-0.2, -0.15) is 0 Å². The number of benzene rings is 3. The Kier molecular flexibility index (Phi) is 5.52. The summed E-state index contributed by atoms with van der Waals surface area (Å²) in [6.07, 6.45) is 0. The Bertz CT molecular complexity index is 1090. The first kappa shape index (κ1) is 19.7. The Labute approximate surface area is 172 Å². The summed E-state index contributed by atoms with van der Waals surface area (Å²) in [5.74, 6) is -1.41. The second kappa shape index (κ2) is 8.41. The molecule has 154 valence electrons. The number of hydrogen-bond donors (Lipinski definition) is 1. The maximum absolute atomic E-state index is 13.9. The highest BCUT2D eigenvalue weighted by atomic mass is 19.1. The molecule has 1 aliphatic heterocycles. The van der Waals surface area contributed by atoms with Crippen LogP contribution in [0.15, 0.2) is 60.7 Å². The van der Waals surface area contributed by atoms with Crippen molar-refractivity contribution >= 4 is 11.7 Å². The number of aromatic carboxylic acids is 1. The van der Waals surface area contributed by atoms with E-state index in [-0.39, 0.29) is 17.7 Å². The molecular weight excluding hydrogens is 392 g/mol. The highest BCUT2D eigenvalue weighted by Crippen LogP contribution is 2.36.